The van der Waals surface area contributed by atoms with Crippen molar-refractivity contribution in [2.45, 2.75) is 17.0 Å². The molecule has 26 valence electrons. The van der Waals surface area contributed by atoms with Crippen LogP contribution in [-0.4, -0.2) is 15.2 Å². The Morgan fingerprint density at radius 3 is 1.00 bits per heavy atom. The van der Waals surface area contributed by atoms with Gasteiger partial charge in [-0.3, -0.25) is 0 Å². The highest BCUT2D eigenvalue weighted by Gasteiger charge is 3.00. The SMILES string of the molecule is C1[Si]23C[Si]12C3. The van der Waals surface area contributed by atoms with Crippen LogP contribution < -0.4 is 0 Å². The summed E-state index contributed by atoms with van der Waals surface area (Å²) < 4.78 is 0. The normalized spacial score (nSPS) is 91.2. The largest absolute Gasteiger partial charge is 0.0655 e. The Hall–Kier alpha value is 0.434. The van der Waals surface area contributed by atoms with Gasteiger partial charge in [-0.15, -0.1) is 0 Å². The van der Waals surface area contributed by atoms with Crippen LogP contribution in [0, 0.1) is 0 Å². The van der Waals surface area contributed by atoms with E-state index in [4.69, 9.17) is 0 Å². The zero-order chi connectivity index (χ0) is 3.12. The average Bonchev–Trinajstić information content (AvgIpc) is 1.30. The van der Waals surface area contributed by atoms with Gasteiger partial charge in [0, 0.05) is 15.2 Å². The predicted molar refractivity (Wildman–Crippen MR) is 25.9 cm³/mol. The zero-order valence-corrected chi connectivity index (χ0v) is 5.12. The molecule has 3 aliphatic rings. The van der Waals surface area contributed by atoms with Crippen LogP contribution in [0.1, 0.15) is 0 Å². The molecule has 0 aromatic rings. The molecule has 0 spiro atoms. The van der Waals surface area contributed by atoms with Crippen LogP contribution in [0.2, 0.25) is 17.0 Å². The molecule has 3 saturated heterocycles. The molecule has 0 N–H and O–H groups in total. The summed E-state index contributed by atoms with van der Waals surface area (Å²) in [6.45, 7) is 0. The molecule has 3 heterocycles. The van der Waals surface area contributed by atoms with Gasteiger partial charge in [0.1, 0.15) is 0 Å². The van der Waals surface area contributed by atoms with Gasteiger partial charge < -0.3 is 0 Å². The summed E-state index contributed by atoms with van der Waals surface area (Å²) in [7, 11) is 0.181. The van der Waals surface area contributed by atoms with E-state index in [0.29, 0.717) is 0 Å². The van der Waals surface area contributed by atoms with Crippen molar-refractivity contribution in [1.82, 2.24) is 0 Å². The number of rotatable bonds is 0. The lowest BCUT2D eigenvalue weighted by atomic mass is 11.7. The van der Waals surface area contributed by atoms with Crippen molar-refractivity contribution >= 4 is 15.2 Å². The molecule has 2 heteroatoms. The number of hydrogen-bond acceptors (Lipinski definition) is 0. The van der Waals surface area contributed by atoms with E-state index < -0.39 is 0 Å². The molecule has 3 rings (SSSR count). The van der Waals surface area contributed by atoms with Crippen molar-refractivity contribution < 1.29 is 0 Å². The first-order valence-electron chi connectivity index (χ1n) is 2.37. The average molecular weight is 98.3 g/mol. The van der Waals surface area contributed by atoms with Gasteiger partial charge in [0.25, 0.3) is 0 Å². The maximum absolute atomic E-state index is 1.90. The molecule has 0 unspecified atom stereocenters. The Morgan fingerprint density at radius 1 is 0.800 bits per heavy atom. The summed E-state index contributed by atoms with van der Waals surface area (Å²) in [4.78, 5) is 0. The minimum Gasteiger partial charge on any atom is -0.0655 e. The molecule has 0 aromatic heterocycles. The smallest absolute Gasteiger partial charge is 0.0387 e. The quantitative estimate of drug-likeness (QED) is 0.390. The minimum atomic E-state index is 0.0903. The highest BCUT2D eigenvalue weighted by molar-refractivity contribution is 7.91. The highest BCUT2D eigenvalue weighted by Crippen LogP contribution is 2.88. The van der Waals surface area contributed by atoms with Gasteiger partial charge >= 0.3 is 0 Å². The van der Waals surface area contributed by atoms with E-state index in [0.717, 1.165) is 0 Å². The molecule has 0 nitrogen and oxygen atoms in total. The van der Waals surface area contributed by atoms with Gasteiger partial charge in [0.05, 0.1) is 0 Å². The van der Waals surface area contributed by atoms with Crippen LogP contribution in [0.4, 0.5) is 0 Å². The van der Waals surface area contributed by atoms with E-state index in [1.54, 1.807) is 0 Å². The molecule has 0 atom stereocenters. The summed E-state index contributed by atoms with van der Waals surface area (Å²) in [6, 6.07) is 0. The molecular formula is C3H6Si2. The molecule has 0 bridgehead atoms. The second-order valence-corrected chi connectivity index (χ2v) is 18.8. The first-order chi connectivity index (χ1) is 2.37. The van der Waals surface area contributed by atoms with Crippen molar-refractivity contribution in [3.63, 3.8) is 0 Å². The summed E-state index contributed by atoms with van der Waals surface area (Å²) in [5.74, 6) is 0. The van der Waals surface area contributed by atoms with E-state index >= 15 is 0 Å². The third-order valence-corrected chi connectivity index (χ3v) is 25.0. The summed E-state index contributed by atoms with van der Waals surface area (Å²) in [6.07, 6.45) is 0. The Bertz CT molecular complexity index is 86.3. The van der Waals surface area contributed by atoms with Crippen LogP contribution in [0.3, 0.4) is 0 Å². The molecule has 3 fully saturated rings. The molecule has 0 saturated carbocycles. The highest BCUT2D eigenvalue weighted by atomic mass is 29.4. The van der Waals surface area contributed by atoms with E-state index in [1.807, 2.05) is 17.0 Å². The van der Waals surface area contributed by atoms with E-state index in [9.17, 15) is 0 Å². The topological polar surface area (TPSA) is 0 Å². The molecule has 5 heavy (non-hydrogen) atoms. The minimum absolute atomic E-state index is 0.0903. The van der Waals surface area contributed by atoms with Crippen molar-refractivity contribution in [3.05, 3.63) is 0 Å². The lowest BCUT2D eigenvalue weighted by molar-refractivity contribution is 1.54. The van der Waals surface area contributed by atoms with E-state index in [1.165, 1.54) is 0 Å². The third kappa shape index (κ3) is 0.0572. The van der Waals surface area contributed by atoms with Gasteiger partial charge in [-0.1, -0.05) is 17.0 Å². The first kappa shape index (κ1) is 1.93. The number of hydrogen-bond donors (Lipinski definition) is 0. The monoisotopic (exact) mass is 98.0 g/mol. The Labute approximate surface area is 33.0 Å². The summed E-state index contributed by atoms with van der Waals surface area (Å²) >= 11 is 0. The second kappa shape index (κ2) is 0.219. The molecule has 0 aliphatic carbocycles. The maximum Gasteiger partial charge on any atom is 0.0387 e. The molecule has 0 aromatic carbocycles. The fourth-order valence-corrected chi connectivity index (χ4v) is 28.4. The third-order valence-electron chi connectivity index (χ3n) is 2.78. The van der Waals surface area contributed by atoms with E-state index in [-0.39, 0.29) is 15.2 Å². The van der Waals surface area contributed by atoms with Gasteiger partial charge in [-0.2, -0.15) is 0 Å². The Kier molecular flexibility index (Phi) is 0.0848. The van der Waals surface area contributed by atoms with Crippen LogP contribution in [-0.2, 0) is 0 Å². The van der Waals surface area contributed by atoms with Crippen LogP contribution in [0.5, 0.6) is 0 Å². The fourth-order valence-electron chi connectivity index (χ4n) is 1.66. The lowest BCUT2D eigenvalue weighted by Gasteiger charge is -2.02. The van der Waals surface area contributed by atoms with Crippen LogP contribution in [0.25, 0.3) is 0 Å². The second-order valence-electron chi connectivity index (χ2n) is 3.09. The van der Waals surface area contributed by atoms with E-state index in [2.05, 4.69) is 0 Å². The molecule has 3 aliphatic heterocycles. The van der Waals surface area contributed by atoms with Gasteiger partial charge in [0.15, 0.2) is 0 Å². The standard InChI is InChI=1S/C3H6Si2/c1-4-2-5(1,4)3-4/h1-3H2. The van der Waals surface area contributed by atoms with Crippen LogP contribution >= 0.6 is 0 Å². The molecule has 0 radical (unpaired) electrons. The van der Waals surface area contributed by atoms with Crippen molar-refractivity contribution in [2.24, 2.45) is 0 Å². The summed E-state index contributed by atoms with van der Waals surface area (Å²) in [5.41, 5.74) is 5.71. The van der Waals surface area contributed by atoms with Gasteiger partial charge in [0.2, 0.25) is 0 Å². The predicted octanol–water partition coefficient (Wildman–Crippen LogP) is 0.621. The van der Waals surface area contributed by atoms with Gasteiger partial charge in [-0.25, -0.2) is 0 Å². The molecule has 0 amide bonds. The van der Waals surface area contributed by atoms with Crippen molar-refractivity contribution in [3.8, 4) is 0 Å². The van der Waals surface area contributed by atoms with Crippen molar-refractivity contribution in [1.29, 1.82) is 0 Å². The Balaban J connectivity index is 2.58. The Morgan fingerprint density at radius 2 is 1.00 bits per heavy atom. The maximum atomic E-state index is 1.90. The fraction of sp³-hybridized carbons (Fsp3) is 1.00. The van der Waals surface area contributed by atoms with Crippen molar-refractivity contribution in [2.75, 3.05) is 0 Å². The first-order valence-corrected chi connectivity index (χ1v) is 8.61. The van der Waals surface area contributed by atoms with Crippen LogP contribution in [0.15, 0.2) is 0 Å². The lowest BCUT2D eigenvalue weighted by Crippen LogP contribution is -2.04. The molecular weight excluding hydrogens is 92.2 g/mol. The van der Waals surface area contributed by atoms with Gasteiger partial charge in [-0.05, 0) is 0 Å². The summed E-state index contributed by atoms with van der Waals surface area (Å²) in [5, 5.41) is 0. The zero-order valence-electron chi connectivity index (χ0n) is 3.12.